The molecule has 2 heterocycles. The van der Waals surface area contributed by atoms with Crippen molar-refractivity contribution in [2.75, 3.05) is 12.9 Å². The van der Waals surface area contributed by atoms with Gasteiger partial charge in [-0.15, -0.1) is 21.5 Å². The van der Waals surface area contributed by atoms with E-state index >= 15 is 0 Å². The van der Waals surface area contributed by atoms with Gasteiger partial charge in [-0.05, 0) is 55.5 Å². The number of rotatable bonds is 8. The summed E-state index contributed by atoms with van der Waals surface area (Å²) in [5.74, 6) is 1.40. The predicted octanol–water partition coefficient (Wildman–Crippen LogP) is 4.56. The first-order chi connectivity index (χ1) is 15.6. The normalized spacial score (nSPS) is 11.1. The van der Waals surface area contributed by atoms with Crippen molar-refractivity contribution in [1.82, 2.24) is 20.2 Å². The zero-order chi connectivity index (χ0) is 22.3. The minimum atomic E-state index is -0.215. The van der Waals surface area contributed by atoms with Crippen molar-refractivity contribution in [2.24, 2.45) is 5.10 Å². The number of carbonyl (C=O) groups is 1. The molecule has 0 radical (unpaired) electrons. The number of benzene rings is 2. The number of methoxy groups -OCH3 is 1. The number of hydrogen-bond donors (Lipinski definition) is 1. The molecule has 2 aromatic heterocycles. The second kappa shape index (κ2) is 10.3. The second-order valence-electron chi connectivity index (χ2n) is 6.74. The van der Waals surface area contributed by atoms with Gasteiger partial charge in [0, 0.05) is 21.0 Å². The molecule has 0 fully saturated rings. The maximum atomic E-state index is 12.3. The fourth-order valence-corrected chi connectivity index (χ4v) is 4.45. The standard InChI is InChI=1S/C23H21N5O2S2/c1-16-8-13-20(32-16)14-24-25-21(29)15-31-23-27-26-22(17-9-11-19(30-2)12-10-17)28(23)18-6-4-3-5-7-18/h3-14H,15H2,1-2H3,(H,25,29)/b24-14-. The van der Waals surface area contributed by atoms with Gasteiger partial charge in [-0.1, -0.05) is 30.0 Å². The number of thioether (sulfide) groups is 1. The largest absolute Gasteiger partial charge is 0.497 e. The first kappa shape index (κ1) is 21.8. The van der Waals surface area contributed by atoms with E-state index in [1.54, 1.807) is 24.7 Å². The summed E-state index contributed by atoms with van der Waals surface area (Å²) in [5.41, 5.74) is 4.38. The van der Waals surface area contributed by atoms with Crippen molar-refractivity contribution in [2.45, 2.75) is 12.1 Å². The fraction of sp³-hybridized carbons (Fsp3) is 0.130. The van der Waals surface area contributed by atoms with Crippen molar-refractivity contribution >= 4 is 35.2 Å². The van der Waals surface area contributed by atoms with Gasteiger partial charge in [0.15, 0.2) is 11.0 Å². The molecule has 1 amide bonds. The molecule has 0 bridgehead atoms. The Hall–Kier alpha value is -3.43. The molecule has 0 spiro atoms. The summed E-state index contributed by atoms with van der Waals surface area (Å²) in [5, 5.41) is 13.4. The minimum Gasteiger partial charge on any atom is -0.497 e. The van der Waals surface area contributed by atoms with Crippen molar-refractivity contribution in [3.8, 4) is 22.8 Å². The molecular weight excluding hydrogens is 442 g/mol. The van der Waals surface area contributed by atoms with E-state index in [9.17, 15) is 4.79 Å². The summed E-state index contributed by atoms with van der Waals surface area (Å²) in [6.07, 6.45) is 1.65. The highest BCUT2D eigenvalue weighted by molar-refractivity contribution is 7.99. The van der Waals surface area contributed by atoms with E-state index in [1.165, 1.54) is 16.6 Å². The average molecular weight is 464 g/mol. The van der Waals surface area contributed by atoms with Gasteiger partial charge in [0.2, 0.25) is 0 Å². The number of ether oxygens (including phenoxy) is 1. The molecule has 0 atom stereocenters. The number of hydrazone groups is 1. The molecule has 32 heavy (non-hydrogen) atoms. The lowest BCUT2D eigenvalue weighted by atomic mass is 10.2. The Morgan fingerprint density at radius 3 is 2.59 bits per heavy atom. The average Bonchev–Trinajstić information content (AvgIpc) is 3.44. The monoisotopic (exact) mass is 463 g/mol. The predicted molar refractivity (Wildman–Crippen MR) is 129 cm³/mol. The first-order valence-electron chi connectivity index (χ1n) is 9.80. The number of hydrogen-bond acceptors (Lipinski definition) is 7. The van der Waals surface area contributed by atoms with Gasteiger partial charge >= 0.3 is 0 Å². The van der Waals surface area contributed by atoms with Crippen LogP contribution in [0.15, 0.2) is 77.0 Å². The van der Waals surface area contributed by atoms with Gasteiger partial charge in [-0.2, -0.15) is 5.10 Å². The van der Waals surface area contributed by atoms with E-state index < -0.39 is 0 Å². The lowest BCUT2D eigenvalue weighted by molar-refractivity contribution is -0.118. The maximum Gasteiger partial charge on any atom is 0.250 e. The molecule has 0 saturated carbocycles. The summed E-state index contributed by atoms with van der Waals surface area (Å²) >= 11 is 2.92. The van der Waals surface area contributed by atoms with Crippen LogP contribution in [0.25, 0.3) is 17.1 Å². The van der Waals surface area contributed by atoms with E-state index in [-0.39, 0.29) is 11.7 Å². The molecule has 4 rings (SSSR count). The third-order valence-corrected chi connectivity index (χ3v) is 6.33. The van der Waals surface area contributed by atoms with Crippen LogP contribution in [-0.2, 0) is 4.79 Å². The van der Waals surface area contributed by atoms with Crippen LogP contribution < -0.4 is 10.2 Å². The lowest BCUT2D eigenvalue weighted by Gasteiger charge is -2.10. The molecular formula is C23H21N5O2S2. The zero-order valence-electron chi connectivity index (χ0n) is 17.6. The quantitative estimate of drug-likeness (QED) is 0.235. The SMILES string of the molecule is COc1ccc(-c2nnc(SCC(=O)N/N=C\c3ccc(C)s3)n2-c2ccccc2)cc1. The Labute approximate surface area is 194 Å². The van der Waals surface area contributed by atoms with E-state index in [2.05, 4.69) is 20.7 Å². The summed E-state index contributed by atoms with van der Waals surface area (Å²) in [4.78, 5) is 14.5. The molecule has 7 nitrogen and oxygen atoms in total. The Morgan fingerprint density at radius 2 is 1.91 bits per heavy atom. The van der Waals surface area contributed by atoms with Crippen molar-refractivity contribution in [3.63, 3.8) is 0 Å². The number of carbonyl (C=O) groups excluding carboxylic acids is 1. The third-order valence-electron chi connectivity index (χ3n) is 4.47. The van der Waals surface area contributed by atoms with E-state index in [4.69, 9.17) is 4.74 Å². The topological polar surface area (TPSA) is 81.4 Å². The number of amides is 1. The van der Waals surface area contributed by atoms with Crippen LogP contribution in [0.5, 0.6) is 5.75 Å². The van der Waals surface area contributed by atoms with Crippen LogP contribution in [0.1, 0.15) is 9.75 Å². The van der Waals surface area contributed by atoms with Crippen LogP contribution in [-0.4, -0.2) is 39.7 Å². The van der Waals surface area contributed by atoms with Crippen LogP contribution in [0, 0.1) is 6.92 Å². The molecule has 0 unspecified atom stereocenters. The van der Waals surface area contributed by atoms with Crippen LogP contribution in [0.4, 0.5) is 0 Å². The van der Waals surface area contributed by atoms with E-state index in [0.717, 1.165) is 21.9 Å². The second-order valence-corrected chi connectivity index (χ2v) is 9.00. The number of para-hydroxylation sites is 1. The molecule has 0 aliphatic heterocycles. The van der Waals surface area contributed by atoms with Gasteiger partial charge in [0.1, 0.15) is 5.75 Å². The molecule has 0 saturated heterocycles. The fourth-order valence-electron chi connectivity index (χ4n) is 2.95. The Kier molecular flexibility index (Phi) is 6.98. The van der Waals surface area contributed by atoms with Crippen LogP contribution in [0.2, 0.25) is 0 Å². The molecule has 1 N–H and O–H groups in total. The van der Waals surface area contributed by atoms with Gasteiger partial charge in [-0.3, -0.25) is 9.36 Å². The molecule has 9 heteroatoms. The highest BCUT2D eigenvalue weighted by Gasteiger charge is 2.17. The minimum absolute atomic E-state index is 0.161. The number of aromatic nitrogens is 3. The lowest BCUT2D eigenvalue weighted by Crippen LogP contribution is -2.19. The molecule has 0 aliphatic carbocycles. The summed E-state index contributed by atoms with van der Waals surface area (Å²) in [6.45, 7) is 2.03. The van der Waals surface area contributed by atoms with Gasteiger partial charge in [-0.25, -0.2) is 5.43 Å². The van der Waals surface area contributed by atoms with Crippen molar-refractivity contribution < 1.29 is 9.53 Å². The van der Waals surface area contributed by atoms with Crippen molar-refractivity contribution in [1.29, 1.82) is 0 Å². The van der Waals surface area contributed by atoms with Gasteiger partial charge in [0.25, 0.3) is 5.91 Å². The molecule has 0 aliphatic rings. The zero-order valence-corrected chi connectivity index (χ0v) is 19.2. The van der Waals surface area contributed by atoms with Crippen LogP contribution in [0.3, 0.4) is 0 Å². The number of nitrogens with zero attached hydrogens (tertiary/aromatic N) is 4. The van der Waals surface area contributed by atoms with Crippen molar-refractivity contribution in [3.05, 3.63) is 76.5 Å². The Bertz CT molecular complexity index is 1220. The highest BCUT2D eigenvalue weighted by atomic mass is 32.2. The highest BCUT2D eigenvalue weighted by Crippen LogP contribution is 2.28. The van der Waals surface area contributed by atoms with Crippen LogP contribution >= 0.6 is 23.1 Å². The number of nitrogens with one attached hydrogen (secondary N) is 1. The van der Waals surface area contributed by atoms with E-state index in [1.807, 2.05) is 78.2 Å². The molecule has 2 aromatic carbocycles. The maximum absolute atomic E-state index is 12.3. The number of aryl methyl sites for hydroxylation is 1. The summed E-state index contributed by atoms with van der Waals surface area (Å²) in [6, 6.07) is 21.4. The summed E-state index contributed by atoms with van der Waals surface area (Å²) in [7, 11) is 1.63. The Morgan fingerprint density at radius 1 is 1.12 bits per heavy atom. The Balaban J connectivity index is 1.51. The van der Waals surface area contributed by atoms with Gasteiger partial charge < -0.3 is 4.74 Å². The molecule has 162 valence electrons. The molecule has 4 aromatic rings. The first-order valence-corrected chi connectivity index (χ1v) is 11.6. The van der Waals surface area contributed by atoms with E-state index in [0.29, 0.717) is 11.0 Å². The smallest absolute Gasteiger partial charge is 0.250 e. The third kappa shape index (κ3) is 5.24. The number of thiophene rings is 1. The van der Waals surface area contributed by atoms with Gasteiger partial charge in [0.05, 0.1) is 19.1 Å². The summed E-state index contributed by atoms with van der Waals surface area (Å²) < 4.78 is 7.19.